The fraction of sp³-hybridized carbons (Fsp3) is 1.00. The third kappa shape index (κ3) is 2.09. The number of β-amino-alcohol motifs (C(OH)–C–C–N with tert-alkyl or cyclic N) is 1. The van der Waals surface area contributed by atoms with E-state index in [1.165, 1.54) is 0 Å². The molecule has 4 N–H and O–H groups in total. The lowest BCUT2D eigenvalue weighted by atomic mass is 10.1. The van der Waals surface area contributed by atoms with Gasteiger partial charge in [0.1, 0.15) is 12.2 Å². The predicted octanol–water partition coefficient (Wildman–Crippen LogP) is -2.29. The van der Waals surface area contributed by atoms with Gasteiger partial charge in [0, 0.05) is 0 Å². The van der Waals surface area contributed by atoms with E-state index in [0.717, 1.165) is 0 Å². The average molecular weight is 165 g/mol. The van der Waals surface area contributed by atoms with Gasteiger partial charge in [0.05, 0.1) is 19.3 Å². The van der Waals surface area contributed by atoms with E-state index in [1.807, 2.05) is 0 Å². The monoisotopic (exact) mass is 165 g/mol. The molecule has 1 fully saturated rings. The molecule has 1 aliphatic heterocycles. The Hall–Kier alpha value is -0.240. The number of aliphatic hydroxyl groups excluding tert-OH is 3. The first-order valence-electron chi connectivity index (χ1n) is 3.25. The van der Waals surface area contributed by atoms with Gasteiger partial charge in [-0.25, -0.2) is 0 Å². The molecule has 0 aromatic carbocycles. The largest absolute Gasteiger partial charge is 0.389 e. The fourth-order valence-electron chi connectivity index (χ4n) is 0.838. The number of hydrogen-bond donors (Lipinski definition) is 4. The Bertz CT molecular complexity index is 132. The topological polar surface area (TPSA) is 93.4 Å². The molecule has 1 saturated heterocycles. The second kappa shape index (κ2) is 3.44. The highest BCUT2D eigenvalue weighted by Gasteiger charge is 2.30. The summed E-state index contributed by atoms with van der Waals surface area (Å²) < 4.78 is 0. The smallest absolute Gasteiger partial charge is 0.109 e. The van der Waals surface area contributed by atoms with Gasteiger partial charge in [-0.15, -0.1) is 0 Å². The summed E-state index contributed by atoms with van der Waals surface area (Å²) in [4.78, 5) is 4.47. The Morgan fingerprint density at radius 3 is 2.45 bits per heavy atom. The molecule has 6 heteroatoms. The molecular formula is C5H11NO5. The molecule has 0 radical (unpaired) electrons. The zero-order valence-electron chi connectivity index (χ0n) is 5.79. The first-order valence-corrected chi connectivity index (χ1v) is 3.25. The number of nitrogens with zero attached hydrogens (tertiary/aromatic N) is 1. The van der Waals surface area contributed by atoms with Gasteiger partial charge in [-0.1, -0.05) is 5.23 Å². The third-order valence-corrected chi connectivity index (χ3v) is 1.53. The Balaban J connectivity index is 2.53. The molecule has 6 nitrogen and oxygen atoms in total. The van der Waals surface area contributed by atoms with Crippen molar-refractivity contribution in [3.63, 3.8) is 0 Å². The van der Waals surface area contributed by atoms with Crippen molar-refractivity contribution < 1.29 is 25.4 Å². The van der Waals surface area contributed by atoms with Crippen LogP contribution in [0.25, 0.3) is 0 Å². The van der Waals surface area contributed by atoms with Crippen molar-refractivity contribution in [1.82, 2.24) is 5.23 Å². The lowest BCUT2D eigenvalue weighted by molar-refractivity contribution is -0.344. The molecule has 66 valence electrons. The molecule has 0 aromatic heterocycles. The molecule has 1 aliphatic rings. The predicted molar refractivity (Wildman–Crippen MR) is 32.5 cm³/mol. The number of hydrogen-bond acceptors (Lipinski definition) is 6. The lowest BCUT2D eigenvalue weighted by Gasteiger charge is -2.16. The SMILES string of the molecule is OC1CON(O)CC(O)C1O. The van der Waals surface area contributed by atoms with E-state index in [1.54, 1.807) is 0 Å². The first-order chi connectivity index (χ1) is 5.11. The Morgan fingerprint density at radius 1 is 1.18 bits per heavy atom. The van der Waals surface area contributed by atoms with Gasteiger partial charge < -0.3 is 15.3 Å². The summed E-state index contributed by atoms with van der Waals surface area (Å²) in [6, 6.07) is 0. The second-order valence-electron chi connectivity index (χ2n) is 2.46. The molecule has 0 aliphatic carbocycles. The van der Waals surface area contributed by atoms with Crippen molar-refractivity contribution in [2.24, 2.45) is 0 Å². The van der Waals surface area contributed by atoms with Crippen LogP contribution in [-0.2, 0) is 4.84 Å². The normalized spacial score (nSPS) is 42.0. The molecule has 1 rings (SSSR count). The summed E-state index contributed by atoms with van der Waals surface area (Å²) in [5.41, 5.74) is 0. The van der Waals surface area contributed by atoms with Crippen molar-refractivity contribution >= 4 is 0 Å². The molecular weight excluding hydrogens is 154 g/mol. The van der Waals surface area contributed by atoms with Gasteiger partial charge in [0.2, 0.25) is 0 Å². The summed E-state index contributed by atoms with van der Waals surface area (Å²) in [5, 5.41) is 36.1. The van der Waals surface area contributed by atoms with Gasteiger partial charge in [-0.2, -0.15) is 0 Å². The van der Waals surface area contributed by atoms with Gasteiger partial charge in [0.15, 0.2) is 0 Å². The van der Waals surface area contributed by atoms with Gasteiger partial charge >= 0.3 is 0 Å². The van der Waals surface area contributed by atoms with Crippen LogP contribution in [0.15, 0.2) is 0 Å². The Morgan fingerprint density at radius 2 is 1.82 bits per heavy atom. The highest BCUT2D eigenvalue weighted by molar-refractivity contribution is 4.77. The van der Waals surface area contributed by atoms with E-state index < -0.39 is 18.3 Å². The first kappa shape index (κ1) is 8.85. The minimum Gasteiger partial charge on any atom is -0.389 e. The Labute approximate surface area is 63.2 Å². The quantitative estimate of drug-likeness (QED) is 0.323. The van der Waals surface area contributed by atoms with Gasteiger partial charge in [0.25, 0.3) is 0 Å². The van der Waals surface area contributed by atoms with E-state index in [-0.39, 0.29) is 13.2 Å². The van der Waals surface area contributed by atoms with E-state index >= 15 is 0 Å². The lowest BCUT2D eigenvalue weighted by Crippen LogP contribution is -2.40. The molecule has 0 saturated carbocycles. The van der Waals surface area contributed by atoms with E-state index in [2.05, 4.69) is 4.84 Å². The zero-order valence-corrected chi connectivity index (χ0v) is 5.79. The van der Waals surface area contributed by atoms with Crippen LogP contribution in [0.4, 0.5) is 0 Å². The maximum atomic E-state index is 9.03. The van der Waals surface area contributed by atoms with Crippen molar-refractivity contribution in [2.45, 2.75) is 18.3 Å². The maximum Gasteiger partial charge on any atom is 0.109 e. The fourth-order valence-corrected chi connectivity index (χ4v) is 0.838. The van der Waals surface area contributed by atoms with Crippen LogP contribution in [0, 0.1) is 0 Å². The average Bonchev–Trinajstić information content (AvgIpc) is 2.05. The molecule has 0 bridgehead atoms. The van der Waals surface area contributed by atoms with Crippen molar-refractivity contribution in [3.8, 4) is 0 Å². The van der Waals surface area contributed by atoms with Crippen LogP contribution < -0.4 is 0 Å². The number of aliphatic hydroxyl groups is 3. The van der Waals surface area contributed by atoms with Crippen LogP contribution >= 0.6 is 0 Å². The minimum absolute atomic E-state index is 0.227. The van der Waals surface area contributed by atoms with Crippen molar-refractivity contribution in [1.29, 1.82) is 0 Å². The summed E-state index contributed by atoms with van der Waals surface area (Å²) >= 11 is 0. The summed E-state index contributed by atoms with van der Waals surface area (Å²) in [6.07, 6.45) is -3.63. The van der Waals surface area contributed by atoms with Crippen molar-refractivity contribution in [2.75, 3.05) is 13.2 Å². The van der Waals surface area contributed by atoms with Gasteiger partial charge in [-0.05, 0) is 0 Å². The highest BCUT2D eigenvalue weighted by Crippen LogP contribution is 2.07. The van der Waals surface area contributed by atoms with E-state index in [4.69, 9.17) is 20.5 Å². The molecule has 0 spiro atoms. The van der Waals surface area contributed by atoms with E-state index in [9.17, 15) is 0 Å². The van der Waals surface area contributed by atoms with Crippen LogP contribution in [-0.4, -0.2) is 57.2 Å². The van der Waals surface area contributed by atoms with Crippen LogP contribution in [0.5, 0.6) is 0 Å². The summed E-state index contributed by atoms with van der Waals surface area (Å²) in [5.74, 6) is 0. The number of rotatable bonds is 0. The summed E-state index contributed by atoms with van der Waals surface area (Å²) in [7, 11) is 0. The molecule has 0 amide bonds. The van der Waals surface area contributed by atoms with Crippen LogP contribution in [0.3, 0.4) is 0 Å². The molecule has 0 aromatic rings. The maximum absolute atomic E-state index is 9.03. The molecule has 3 atom stereocenters. The number of hydroxylamine groups is 2. The molecule has 1 heterocycles. The van der Waals surface area contributed by atoms with Crippen LogP contribution in [0.2, 0.25) is 0 Å². The minimum atomic E-state index is -1.27. The molecule has 3 unspecified atom stereocenters. The third-order valence-electron chi connectivity index (χ3n) is 1.53. The Kier molecular flexibility index (Phi) is 2.77. The van der Waals surface area contributed by atoms with Crippen molar-refractivity contribution in [3.05, 3.63) is 0 Å². The summed E-state index contributed by atoms with van der Waals surface area (Å²) in [6.45, 7) is -0.465. The standard InChI is InChI=1S/C5H11NO5/c7-3-1-6(10)11-2-4(8)5(3)9/h3-5,7-10H,1-2H2. The van der Waals surface area contributed by atoms with Gasteiger partial charge in [-0.3, -0.25) is 10.0 Å². The molecule has 11 heavy (non-hydrogen) atoms. The second-order valence-corrected chi connectivity index (χ2v) is 2.46. The van der Waals surface area contributed by atoms with E-state index in [0.29, 0.717) is 5.23 Å². The highest BCUT2D eigenvalue weighted by atomic mass is 16.9. The zero-order chi connectivity index (χ0) is 8.43. The van der Waals surface area contributed by atoms with Crippen LogP contribution in [0.1, 0.15) is 0 Å².